The molecule has 4 heteroatoms. The van der Waals surface area contributed by atoms with Gasteiger partial charge in [-0.05, 0) is 0 Å². The third-order valence-electron chi connectivity index (χ3n) is 0. The van der Waals surface area contributed by atoms with Crippen LogP contribution < -0.4 is 0 Å². The molecule has 0 heterocycles. The number of hydrogen-bond donors (Lipinski definition) is 0. The predicted octanol–water partition coefficient (Wildman–Crippen LogP) is -1.14. The summed E-state index contributed by atoms with van der Waals surface area (Å²) in [6.45, 7) is 0. The van der Waals surface area contributed by atoms with Gasteiger partial charge in [-0.3, -0.25) is 0 Å². The first kappa shape index (κ1) is 26.7. The zero-order chi connectivity index (χ0) is 0. The van der Waals surface area contributed by atoms with Crippen molar-refractivity contribution in [3.8, 4) is 0 Å². The molecule has 4 heavy (non-hydrogen) atoms. The molecule has 21 valence electrons. The minimum absolute atomic E-state index is 0. The molecule has 0 atom stereocenters. The second-order valence-corrected chi connectivity index (χ2v) is 0. The molecule has 0 N–H and O–H groups in total. The van der Waals surface area contributed by atoms with Crippen LogP contribution in [0.15, 0.2) is 0 Å². The largest absolute Gasteiger partial charge is 0 e. The number of rotatable bonds is 0. The molecule has 0 aromatic rings. The quantitative estimate of drug-likeness (QED) is 0.277. The molecular formula is BiPbTeW. The van der Waals surface area contributed by atoms with Gasteiger partial charge in [-0.1, -0.05) is 0 Å². The molecule has 0 aliphatic rings. The first-order chi connectivity index (χ1) is 0. The summed E-state index contributed by atoms with van der Waals surface area (Å²) >= 11 is 0. The van der Waals surface area contributed by atoms with Crippen LogP contribution in [0.25, 0.3) is 0 Å². The second kappa shape index (κ2) is 16.3. The Kier molecular flexibility index (Phi) is 108. The van der Waals surface area contributed by atoms with Crippen molar-refractivity contribution >= 4 is 77.2 Å². The molecule has 0 aromatic carbocycles. The van der Waals surface area contributed by atoms with Crippen LogP contribution in [0.3, 0.4) is 0 Å². The summed E-state index contributed by atoms with van der Waals surface area (Å²) in [4.78, 5) is 0. The van der Waals surface area contributed by atoms with Crippen LogP contribution in [0.1, 0.15) is 0 Å². The molecular weight excluding hydrogens is 728 g/mol. The van der Waals surface area contributed by atoms with Crippen LogP contribution in [0, 0.1) is 0 Å². The van der Waals surface area contributed by atoms with Crippen LogP contribution in [0.5, 0.6) is 0 Å². The first-order valence-electron chi connectivity index (χ1n) is 0. The zero-order valence-corrected chi connectivity index (χ0v) is 14.4. The summed E-state index contributed by atoms with van der Waals surface area (Å²) in [5.74, 6) is 0. The molecule has 0 saturated heterocycles. The molecule has 0 rings (SSSR count). The fourth-order valence-corrected chi connectivity index (χ4v) is 0. The normalized spacial score (nSPS) is 0. The summed E-state index contributed by atoms with van der Waals surface area (Å²) in [6, 6.07) is 0. The van der Waals surface area contributed by atoms with E-state index in [1.165, 1.54) is 0 Å². The molecule has 0 nitrogen and oxygen atoms in total. The van der Waals surface area contributed by atoms with Gasteiger partial charge in [-0.2, -0.15) is 0 Å². The maximum absolute atomic E-state index is 0. The Morgan fingerprint density at radius 3 is 1.00 bits per heavy atom. The van der Waals surface area contributed by atoms with Crippen LogP contribution in [0.2, 0.25) is 0 Å². The van der Waals surface area contributed by atoms with E-state index in [1.807, 2.05) is 0 Å². The fraction of sp³-hybridized carbons (Fsp3) is 0. The van der Waals surface area contributed by atoms with Gasteiger partial charge in [0.25, 0.3) is 0 Å². The van der Waals surface area contributed by atoms with Crippen LogP contribution >= 0.6 is 0 Å². The molecule has 0 aliphatic carbocycles. The third-order valence-corrected chi connectivity index (χ3v) is 0. The van der Waals surface area contributed by atoms with Gasteiger partial charge in [0.15, 0.2) is 0 Å². The Morgan fingerprint density at radius 1 is 1.00 bits per heavy atom. The minimum atomic E-state index is 0. The van der Waals surface area contributed by atoms with E-state index in [9.17, 15) is 0 Å². The summed E-state index contributed by atoms with van der Waals surface area (Å²) in [5.41, 5.74) is 0. The smallest absolute Gasteiger partial charge is 0 e. The molecule has 0 fully saturated rings. The van der Waals surface area contributed by atoms with Crippen molar-refractivity contribution in [3.05, 3.63) is 0 Å². The van der Waals surface area contributed by atoms with Gasteiger partial charge in [0.2, 0.25) is 0 Å². The fourth-order valence-electron chi connectivity index (χ4n) is 0. The zero-order valence-electron chi connectivity index (χ0n) is 1.76. The second-order valence-electron chi connectivity index (χ2n) is 0. The topological polar surface area (TPSA) is 0 Å². The SMILES string of the molecule is [Bi].[Pb].[Te].[W]. The van der Waals surface area contributed by atoms with Crippen molar-refractivity contribution in [2.75, 3.05) is 0 Å². The maximum atomic E-state index is 0. The molecule has 9 radical (unpaired) electrons. The van der Waals surface area contributed by atoms with Crippen molar-refractivity contribution in [2.24, 2.45) is 0 Å². The first-order valence-corrected chi connectivity index (χ1v) is 0. The Bertz CT molecular complexity index is 8.00. The Balaban J connectivity index is 0. The Morgan fingerprint density at radius 2 is 1.00 bits per heavy atom. The molecule has 0 saturated carbocycles. The molecule has 0 unspecified atom stereocenters. The van der Waals surface area contributed by atoms with Gasteiger partial charge >= 0.3 is 0 Å². The number of hydrogen-bond acceptors (Lipinski definition) is 0. The van der Waals surface area contributed by atoms with Gasteiger partial charge < -0.3 is 0 Å². The summed E-state index contributed by atoms with van der Waals surface area (Å²) in [5, 5.41) is 0. The molecule has 0 bridgehead atoms. The van der Waals surface area contributed by atoms with Gasteiger partial charge in [0.1, 0.15) is 0 Å². The van der Waals surface area contributed by atoms with E-state index in [4.69, 9.17) is 0 Å². The van der Waals surface area contributed by atoms with Crippen molar-refractivity contribution < 1.29 is 21.1 Å². The van der Waals surface area contributed by atoms with Crippen LogP contribution in [-0.2, 0) is 21.1 Å². The molecule has 0 aromatic heterocycles. The molecule has 0 amide bonds. The average molecular weight is 728 g/mol. The monoisotopic (exact) mass is 731 g/mol. The summed E-state index contributed by atoms with van der Waals surface area (Å²) in [7, 11) is 0. The predicted molar refractivity (Wildman–Crippen MR) is 17.3 cm³/mol. The average Bonchev–Trinajstić information content (AvgIpc) is 0. The van der Waals surface area contributed by atoms with E-state index >= 15 is 0 Å². The summed E-state index contributed by atoms with van der Waals surface area (Å²) < 4.78 is 0. The third kappa shape index (κ3) is 8.99. The Hall–Kier alpha value is 3.28. The van der Waals surface area contributed by atoms with Gasteiger partial charge in [-0.25, -0.2) is 0 Å². The van der Waals surface area contributed by atoms with Crippen LogP contribution in [0.4, 0.5) is 0 Å². The van der Waals surface area contributed by atoms with Gasteiger partial charge in [0, 0.05) is 98.2 Å². The van der Waals surface area contributed by atoms with E-state index in [2.05, 4.69) is 0 Å². The van der Waals surface area contributed by atoms with E-state index < -0.39 is 0 Å². The van der Waals surface area contributed by atoms with Crippen molar-refractivity contribution in [1.29, 1.82) is 0 Å². The van der Waals surface area contributed by atoms with Crippen molar-refractivity contribution in [1.82, 2.24) is 0 Å². The van der Waals surface area contributed by atoms with Crippen molar-refractivity contribution in [2.45, 2.75) is 0 Å². The van der Waals surface area contributed by atoms with E-state index in [-0.39, 0.29) is 98.2 Å². The molecule has 0 aliphatic heterocycles. The van der Waals surface area contributed by atoms with E-state index in [1.54, 1.807) is 0 Å². The van der Waals surface area contributed by atoms with Gasteiger partial charge in [-0.15, -0.1) is 0 Å². The van der Waals surface area contributed by atoms with E-state index in [0.717, 1.165) is 0 Å². The summed E-state index contributed by atoms with van der Waals surface area (Å²) in [6.07, 6.45) is 0. The molecule has 0 spiro atoms. The Labute approximate surface area is 96.1 Å². The standard InChI is InChI=1S/Bi.Pb.Te.W. The van der Waals surface area contributed by atoms with E-state index in [0.29, 0.717) is 0 Å². The maximum Gasteiger partial charge on any atom is 0 e. The minimum Gasteiger partial charge on any atom is 0 e. The van der Waals surface area contributed by atoms with Crippen LogP contribution in [-0.4, -0.2) is 77.2 Å². The van der Waals surface area contributed by atoms with Crippen molar-refractivity contribution in [3.63, 3.8) is 0 Å². The van der Waals surface area contributed by atoms with Gasteiger partial charge in [0.05, 0.1) is 0 Å².